The van der Waals surface area contributed by atoms with E-state index in [1.807, 2.05) is 6.92 Å². The van der Waals surface area contributed by atoms with E-state index < -0.39 is 0 Å². The van der Waals surface area contributed by atoms with Crippen LogP contribution in [0.2, 0.25) is 0 Å². The number of aryl methyl sites for hydroxylation is 1. The van der Waals surface area contributed by atoms with E-state index in [9.17, 15) is 0 Å². The van der Waals surface area contributed by atoms with Crippen LogP contribution in [-0.4, -0.2) is 16.2 Å². The van der Waals surface area contributed by atoms with Gasteiger partial charge in [0, 0.05) is 6.04 Å². The fourth-order valence-corrected chi connectivity index (χ4v) is 2.04. The Morgan fingerprint density at radius 2 is 2.36 bits per heavy atom. The highest BCUT2D eigenvalue weighted by Crippen LogP contribution is 2.24. The van der Waals surface area contributed by atoms with E-state index in [0.29, 0.717) is 24.3 Å². The van der Waals surface area contributed by atoms with E-state index in [1.165, 1.54) is 19.3 Å². The quantitative estimate of drug-likeness (QED) is 0.796. The van der Waals surface area contributed by atoms with Crippen molar-refractivity contribution in [2.24, 2.45) is 5.92 Å². The first kappa shape index (κ1) is 9.65. The van der Waals surface area contributed by atoms with Gasteiger partial charge in [-0.2, -0.15) is 4.98 Å². The van der Waals surface area contributed by atoms with Gasteiger partial charge in [-0.25, -0.2) is 0 Å². The summed E-state index contributed by atoms with van der Waals surface area (Å²) in [7, 11) is 0. The number of hydrogen-bond acceptors (Lipinski definition) is 4. The standard InChI is InChI=1S/C10H17N3O/c1-7-3-4-9(5-7)11-6-10-12-8(2)13-14-10/h7,9,11H,3-6H2,1-2H3. The number of hydrogen-bond donors (Lipinski definition) is 1. The molecule has 1 aliphatic rings. The third-order valence-electron chi connectivity index (χ3n) is 2.81. The zero-order chi connectivity index (χ0) is 9.97. The van der Waals surface area contributed by atoms with Crippen molar-refractivity contribution in [3.8, 4) is 0 Å². The van der Waals surface area contributed by atoms with Gasteiger partial charge in [-0.15, -0.1) is 0 Å². The monoisotopic (exact) mass is 195 g/mol. The summed E-state index contributed by atoms with van der Waals surface area (Å²) in [6.45, 7) is 4.85. The van der Waals surface area contributed by atoms with Crippen LogP contribution in [-0.2, 0) is 6.54 Å². The van der Waals surface area contributed by atoms with Crippen LogP contribution in [0.4, 0.5) is 0 Å². The molecule has 1 saturated carbocycles. The summed E-state index contributed by atoms with van der Waals surface area (Å²) in [6.07, 6.45) is 3.88. The number of aromatic nitrogens is 2. The molecule has 14 heavy (non-hydrogen) atoms. The molecule has 1 fully saturated rings. The third-order valence-corrected chi connectivity index (χ3v) is 2.81. The normalized spacial score (nSPS) is 27.0. The minimum Gasteiger partial charge on any atom is -0.338 e. The van der Waals surface area contributed by atoms with Crippen LogP contribution in [0, 0.1) is 12.8 Å². The smallest absolute Gasteiger partial charge is 0.240 e. The van der Waals surface area contributed by atoms with E-state index in [-0.39, 0.29) is 0 Å². The summed E-state index contributed by atoms with van der Waals surface area (Å²) in [5, 5.41) is 7.20. The van der Waals surface area contributed by atoms with E-state index in [0.717, 1.165) is 5.92 Å². The van der Waals surface area contributed by atoms with Gasteiger partial charge in [-0.3, -0.25) is 0 Å². The molecule has 4 nitrogen and oxygen atoms in total. The van der Waals surface area contributed by atoms with Gasteiger partial charge in [0.1, 0.15) is 0 Å². The molecule has 4 heteroatoms. The lowest BCUT2D eigenvalue weighted by Gasteiger charge is -2.09. The molecular formula is C10H17N3O. The maximum absolute atomic E-state index is 5.03. The summed E-state index contributed by atoms with van der Waals surface area (Å²) >= 11 is 0. The molecule has 0 bridgehead atoms. The second-order valence-corrected chi connectivity index (χ2v) is 4.23. The van der Waals surface area contributed by atoms with Crippen molar-refractivity contribution in [2.75, 3.05) is 0 Å². The lowest BCUT2D eigenvalue weighted by Crippen LogP contribution is -2.25. The first-order chi connectivity index (χ1) is 6.74. The van der Waals surface area contributed by atoms with Gasteiger partial charge in [0.15, 0.2) is 5.82 Å². The van der Waals surface area contributed by atoms with Crippen LogP contribution in [0.25, 0.3) is 0 Å². The highest BCUT2D eigenvalue weighted by atomic mass is 16.5. The van der Waals surface area contributed by atoms with Crippen molar-refractivity contribution in [3.63, 3.8) is 0 Å². The molecule has 0 radical (unpaired) electrons. The van der Waals surface area contributed by atoms with Crippen LogP contribution in [0.1, 0.15) is 37.9 Å². The summed E-state index contributed by atoms with van der Waals surface area (Å²) in [4.78, 5) is 4.15. The van der Waals surface area contributed by atoms with Gasteiger partial charge in [0.05, 0.1) is 6.54 Å². The predicted molar refractivity (Wildman–Crippen MR) is 52.7 cm³/mol. The highest BCUT2D eigenvalue weighted by molar-refractivity contribution is 4.85. The molecular weight excluding hydrogens is 178 g/mol. The second kappa shape index (κ2) is 4.09. The highest BCUT2D eigenvalue weighted by Gasteiger charge is 2.20. The van der Waals surface area contributed by atoms with Crippen LogP contribution in [0.3, 0.4) is 0 Å². The van der Waals surface area contributed by atoms with Crippen molar-refractivity contribution in [1.82, 2.24) is 15.5 Å². The largest absolute Gasteiger partial charge is 0.338 e. The van der Waals surface area contributed by atoms with Crippen LogP contribution < -0.4 is 5.32 Å². The van der Waals surface area contributed by atoms with Gasteiger partial charge in [0.2, 0.25) is 5.89 Å². The minimum absolute atomic E-state index is 0.636. The summed E-state index contributed by atoms with van der Waals surface area (Å²) in [5.74, 6) is 2.26. The predicted octanol–water partition coefficient (Wildman–Crippen LogP) is 1.66. The Hall–Kier alpha value is -0.900. The van der Waals surface area contributed by atoms with Crippen molar-refractivity contribution in [2.45, 2.75) is 45.7 Å². The van der Waals surface area contributed by atoms with Gasteiger partial charge in [-0.05, 0) is 32.1 Å². The maximum Gasteiger partial charge on any atom is 0.240 e. The van der Waals surface area contributed by atoms with Gasteiger partial charge >= 0.3 is 0 Å². The average molecular weight is 195 g/mol. The van der Waals surface area contributed by atoms with Crippen molar-refractivity contribution >= 4 is 0 Å². The zero-order valence-electron chi connectivity index (χ0n) is 8.79. The molecule has 2 unspecified atom stereocenters. The van der Waals surface area contributed by atoms with E-state index in [2.05, 4.69) is 22.4 Å². The van der Waals surface area contributed by atoms with E-state index in [4.69, 9.17) is 4.52 Å². The van der Waals surface area contributed by atoms with Crippen LogP contribution in [0.5, 0.6) is 0 Å². The lowest BCUT2D eigenvalue weighted by molar-refractivity contribution is 0.353. The SMILES string of the molecule is Cc1noc(CNC2CCC(C)C2)n1. The molecule has 1 aliphatic carbocycles. The summed E-state index contributed by atoms with van der Waals surface area (Å²) in [6, 6.07) is 0.636. The Morgan fingerprint density at radius 3 is 2.93 bits per heavy atom. The molecule has 1 heterocycles. The Balaban J connectivity index is 1.77. The Kier molecular flexibility index (Phi) is 2.82. The molecule has 1 N–H and O–H groups in total. The number of nitrogens with zero attached hydrogens (tertiary/aromatic N) is 2. The molecule has 1 aromatic heterocycles. The Labute approximate surface area is 84.1 Å². The summed E-state index contributed by atoms with van der Waals surface area (Å²) < 4.78 is 5.03. The molecule has 0 amide bonds. The molecule has 2 rings (SSSR count). The van der Waals surface area contributed by atoms with E-state index in [1.54, 1.807) is 0 Å². The number of rotatable bonds is 3. The van der Waals surface area contributed by atoms with Crippen molar-refractivity contribution in [3.05, 3.63) is 11.7 Å². The molecule has 0 aromatic carbocycles. The molecule has 2 atom stereocenters. The van der Waals surface area contributed by atoms with Gasteiger partial charge in [0.25, 0.3) is 0 Å². The van der Waals surface area contributed by atoms with Crippen LogP contribution in [0.15, 0.2) is 4.52 Å². The maximum atomic E-state index is 5.03. The fourth-order valence-electron chi connectivity index (χ4n) is 2.04. The minimum atomic E-state index is 0.636. The topological polar surface area (TPSA) is 51.0 Å². The Morgan fingerprint density at radius 1 is 1.50 bits per heavy atom. The van der Waals surface area contributed by atoms with Crippen molar-refractivity contribution in [1.29, 1.82) is 0 Å². The zero-order valence-corrected chi connectivity index (χ0v) is 8.79. The first-order valence-electron chi connectivity index (χ1n) is 5.26. The fraction of sp³-hybridized carbons (Fsp3) is 0.800. The molecule has 1 aromatic rings. The van der Waals surface area contributed by atoms with Crippen LogP contribution >= 0.6 is 0 Å². The molecule has 0 spiro atoms. The molecule has 0 aliphatic heterocycles. The average Bonchev–Trinajstić information content (AvgIpc) is 2.72. The molecule has 0 saturated heterocycles. The first-order valence-corrected chi connectivity index (χ1v) is 5.26. The lowest BCUT2D eigenvalue weighted by atomic mass is 10.1. The summed E-state index contributed by atoms with van der Waals surface area (Å²) in [5.41, 5.74) is 0. The van der Waals surface area contributed by atoms with E-state index >= 15 is 0 Å². The molecule has 78 valence electrons. The van der Waals surface area contributed by atoms with Crippen molar-refractivity contribution < 1.29 is 4.52 Å². The third kappa shape index (κ3) is 2.32. The van der Waals surface area contributed by atoms with Gasteiger partial charge in [-0.1, -0.05) is 12.1 Å². The number of nitrogens with one attached hydrogen (secondary N) is 1. The Bertz CT molecular complexity index is 297. The van der Waals surface area contributed by atoms with Gasteiger partial charge < -0.3 is 9.84 Å². The second-order valence-electron chi connectivity index (χ2n) is 4.23.